The van der Waals surface area contributed by atoms with E-state index < -0.39 is 0 Å². The summed E-state index contributed by atoms with van der Waals surface area (Å²) in [6.07, 6.45) is 4.11. The molecule has 0 fully saturated rings. The van der Waals surface area contributed by atoms with Crippen molar-refractivity contribution in [2.75, 3.05) is 6.26 Å². The summed E-state index contributed by atoms with van der Waals surface area (Å²) in [7, 11) is 0. The van der Waals surface area contributed by atoms with Crippen LogP contribution in [-0.4, -0.2) is 22.0 Å². The topological polar surface area (TPSA) is 45.8 Å². The molecule has 0 aliphatic carbocycles. The lowest BCUT2D eigenvalue weighted by atomic mass is 10.3. The summed E-state index contributed by atoms with van der Waals surface area (Å²) >= 11 is 1.55. The van der Waals surface area contributed by atoms with Crippen molar-refractivity contribution < 1.29 is 4.79 Å². The molecule has 60 valence electrons. The minimum absolute atomic E-state index is 0.0605. The Labute approximate surface area is 69.6 Å². The van der Waals surface area contributed by atoms with Crippen molar-refractivity contribution in [2.24, 2.45) is 0 Å². The molecule has 1 heterocycles. The highest BCUT2D eigenvalue weighted by Crippen LogP contribution is 2.10. The molecule has 0 aliphatic rings. The molecular weight excluding hydrogens is 160 g/mol. The highest BCUT2D eigenvalue weighted by molar-refractivity contribution is 7.98. The van der Waals surface area contributed by atoms with Gasteiger partial charge < -0.3 is 4.98 Å². The summed E-state index contributed by atoms with van der Waals surface area (Å²) in [4.78, 5) is 17.9. The first-order chi connectivity index (χ1) is 5.27. The van der Waals surface area contributed by atoms with Gasteiger partial charge in [0.2, 0.25) is 0 Å². The van der Waals surface area contributed by atoms with Gasteiger partial charge in [0.25, 0.3) is 0 Å². The van der Waals surface area contributed by atoms with Crippen LogP contribution in [0, 0.1) is 0 Å². The second-order valence-electron chi connectivity index (χ2n) is 2.08. The maximum absolute atomic E-state index is 11.0. The Hall–Kier alpha value is -0.770. The number of aromatic nitrogens is 2. The molecule has 0 saturated heterocycles. The molecule has 0 atom stereocenters. The van der Waals surface area contributed by atoms with Gasteiger partial charge in [-0.15, -0.1) is 11.8 Å². The number of hydrogen-bond donors (Lipinski definition) is 1. The standard InChI is InChI=1S/C7H10N2OS/c1-3-5(10)7-8-4-6(9-7)11-2/h4H,3H2,1-2H3,(H,8,9). The van der Waals surface area contributed by atoms with Crippen LogP contribution in [0.3, 0.4) is 0 Å². The molecule has 0 aromatic carbocycles. The van der Waals surface area contributed by atoms with Crippen molar-refractivity contribution in [1.82, 2.24) is 9.97 Å². The number of carbonyl (C=O) groups excluding carboxylic acids is 1. The van der Waals surface area contributed by atoms with E-state index in [1.54, 1.807) is 18.0 Å². The van der Waals surface area contributed by atoms with E-state index in [0.29, 0.717) is 12.2 Å². The summed E-state index contributed by atoms with van der Waals surface area (Å²) in [5.41, 5.74) is 0. The molecule has 4 heteroatoms. The van der Waals surface area contributed by atoms with Crippen LogP contribution >= 0.6 is 11.8 Å². The third-order valence-corrected chi connectivity index (χ3v) is 2.00. The summed E-state index contributed by atoms with van der Waals surface area (Å²) in [5.74, 6) is 0.530. The molecule has 1 aromatic rings. The van der Waals surface area contributed by atoms with Crippen LogP contribution in [0.2, 0.25) is 0 Å². The fourth-order valence-corrected chi connectivity index (χ4v) is 1.07. The number of carbonyl (C=O) groups is 1. The number of H-pyrrole nitrogens is 1. The van der Waals surface area contributed by atoms with Gasteiger partial charge in [-0.3, -0.25) is 4.79 Å². The Morgan fingerprint density at radius 1 is 1.82 bits per heavy atom. The molecule has 0 radical (unpaired) electrons. The van der Waals surface area contributed by atoms with E-state index in [1.807, 2.05) is 13.2 Å². The van der Waals surface area contributed by atoms with Gasteiger partial charge in [0.1, 0.15) is 0 Å². The Morgan fingerprint density at radius 3 is 3.00 bits per heavy atom. The van der Waals surface area contributed by atoms with E-state index in [4.69, 9.17) is 0 Å². The second kappa shape index (κ2) is 3.57. The number of aromatic amines is 1. The zero-order valence-electron chi connectivity index (χ0n) is 6.55. The molecule has 0 spiro atoms. The molecule has 0 amide bonds. The molecule has 0 aliphatic heterocycles. The molecule has 0 saturated carbocycles. The van der Waals surface area contributed by atoms with Crippen LogP contribution in [0.1, 0.15) is 24.0 Å². The van der Waals surface area contributed by atoms with Gasteiger partial charge in [0, 0.05) is 6.42 Å². The number of ketones is 1. The number of Topliss-reactive ketones (excluding diaryl/α,β-unsaturated/α-hetero) is 1. The molecule has 1 N–H and O–H groups in total. The second-order valence-corrected chi connectivity index (χ2v) is 2.92. The van der Waals surface area contributed by atoms with Crippen molar-refractivity contribution in [3.05, 3.63) is 12.0 Å². The third-order valence-electron chi connectivity index (χ3n) is 1.36. The highest BCUT2D eigenvalue weighted by atomic mass is 32.2. The van der Waals surface area contributed by atoms with Crippen LogP contribution in [0.25, 0.3) is 0 Å². The van der Waals surface area contributed by atoms with E-state index in [1.165, 1.54) is 0 Å². The summed E-state index contributed by atoms with van der Waals surface area (Å²) in [5, 5.41) is 0.932. The lowest BCUT2D eigenvalue weighted by Gasteiger charge is -1.88. The molecule has 1 rings (SSSR count). The van der Waals surface area contributed by atoms with Crippen molar-refractivity contribution >= 4 is 17.5 Å². The lowest BCUT2D eigenvalue weighted by molar-refractivity contribution is 0.0979. The van der Waals surface area contributed by atoms with E-state index >= 15 is 0 Å². The minimum Gasteiger partial charge on any atom is -0.331 e. The fraction of sp³-hybridized carbons (Fsp3) is 0.429. The number of nitrogens with one attached hydrogen (secondary N) is 1. The first-order valence-corrected chi connectivity index (χ1v) is 4.62. The van der Waals surface area contributed by atoms with Crippen LogP contribution in [-0.2, 0) is 0 Å². The van der Waals surface area contributed by atoms with Crippen molar-refractivity contribution in [1.29, 1.82) is 0 Å². The van der Waals surface area contributed by atoms with Crippen LogP contribution in [0.4, 0.5) is 0 Å². The van der Waals surface area contributed by atoms with Crippen LogP contribution < -0.4 is 0 Å². The average Bonchev–Trinajstić information content (AvgIpc) is 2.50. The maximum atomic E-state index is 11.0. The Morgan fingerprint density at radius 2 is 2.55 bits per heavy atom. The van der Waals surface area contributed by atoms with Gasteiger partial charge in [0.05, 0.1) is 11.2 Å². The molecule has 0 bridgehead atoms. The largest absolute Gasteiger partial charge is 0.331 e. The predicted molar refractivity (Wildman–Crippen MR) is 45.0 cm³/mol. The van der Waals surface area contributed by atoms with Crippen LogP contribution in [0.15, 0.2) is 11.2 Å². The fourth-order valence-electron chi connectivity index (χ4n) is 0.717. The summed E-state index contributed by atoms with van der Waals surface area (Å²) in [6, 6.07) is 0. The third kappa shape index (κ3) is 1.83. The number of hydrogen-bond acceptors (Lipinski definition) is 3. The van der Waals surface area contributed by atoms with E-state index in [0.717, 1.165) is 5.03 Å². The molecule has 3 nitrogen and oxygen atoms in total. The summed E-state index contributed by atoms with van der Waals surface area (Å²) < 4.78 is 0. The Kier molecular flexibility index (Phi) is 2.70. The van der Waals surface area contributed by atoms with Gasteiger partial charge in [-0.05, 0) is 6.26 Å². The number of imidazole rings is 1. The molecule has 11 heavy (non-hydrogen) atoms. The number of thioether (sulfide) groups is 1. The Bertz CT molecular complexity index is 257. The quantitative estimate of drug-likeness (QED) is 0.555. The highest BCUT2D eigenvalue weighted by Gasteiger charge is 2.06. The van der Waals surface area contributed by atoms with Gasteiger partial charge in [-0.25, -0.2) is 4.98 Å². The first kappa shape index (κ1) is 8.33. The zero-order valence-corrected chi connectivity index (χ0v) is 7.36. The van der Waals surface area contributed by atoms with Crippen LogP contribution in [0.5, 0.6) is 0 Å². The minimum atomic E-state index is 0.0605. The van der Waals surface area contributed by atoms with Crippen molar-refractivity contribution in [3.63, 3.8) is 0 Å². The number of rotatable bonds is 3. The lowest BCUT2D eigenvalue weighted by Crippen LogP contribution is -1.98. The number of nitrogens with zero attached hydrogens (tertiary/aromatic N) is 1. The zero-order chi connectivity index (χ0) is 8.27. The van der Waals surface area contributed by atoms with Crippen molar-refractivity contribution in [2.45, 2.75) is 18.4 Å². The van der Waals surface area contributed by atoms with Gasteiger partial charge >= 0.3 is 0 Å². The van der Waals surface area contributed by atoms with E-state index in [-0.39, 0.29) is 5.78 Å². The summed E-state index contributed by atoms with van der Waals surface area (Å²) in [6.45, 7) is 1.82. The Balaban J connectivity index is 2.80. The molecular formula is C7H10N2OS. The first-order valence-electron chi connectivity index (χ1n) is 3.40. The average molecular weight is 170 g/mol. The molecule has 1 aromatic heterocycles. The van der Waals surface area contributed by atoms with Crippen molar-refractivity contribution in [3.8, 4) is 0 Å². The van der Waals surface area contributed by atoms with E-state index in [2.05, 4.69) is 9.97 Å². The smallest absolute Gasteiger partial charge is 0.197 e. The molecule has 0 unspecified atom stereocenters. The maximum Gasteiger partial charge on any atom is 0.197 e. The SMILES string of the molecule is CCC(=O)c1ncc(SC)[nH]1. The monoisotopic (exact) mass is 170 g/mol. The normalized spacial score (nSPS) is 10.0. The van der Waals surface area contributed by atoms with Gasteiger partial charge in [0.15, 0.2) is 11.6 Å². The van der Waals surface area contributed by atoms with Gasteiger partial charge in [-0.1, -0.05) is 6.92 Å². The van der Waals surface area contributed by atoms with Gasteiger partial charge in [-0.2, -0.15) is 0 Å². The predicted octanol–water partition coefficient (Wildman–Crippen LogP) is 1.72. The van der Waals surface area contributed by atoms with E-state index in [9.17, 15) is 4.79 Å².